The van der Waals surface area contributed by atoms with Gasteiger partial charge in [0.05, 0.1) is 31.3 Å². The molecule has 172 valence electrons. The van der Waals surface area contributed by atoms with E-state index in [0.717, 1.165) is 49.9 Å². The highest BCUT2D eigenvalue weighted by molar-refractivity contribution is 7.19. The standard InChI is InChI=1S/C24H21ClN6O2S/c1-30-17(3-4-20(30)25)24(32)31-6-5-15-19(11-31)34-23-21(15)22(27-12-28-23)29-16-7-13-9-26-10-14(13)8-18(16)33-2/h3-4,7-9,12H,5-6,10-11H2,1-2H3,(H,27,28,29). The number of hydrogen-bond acceptors (Lipinski definition) is 7. The van der Waals surface area contributed by atoms with Crippen LogP contribution in [0.5, 0.6) is 5.75 Å². The molecule has 1 aromatic carbocycles. The first-order valence-corrected chi connectivity index (χ1v) is 12.1. The molecule has 2 aliphatic rings. The number of aromatic nitrogens is 3. The third-order valence-electron chi connectivity index (χ3n) is 6.41. The first kappa shape index (κ1) is 21.1. The largest absolute Gasteiger partial charge is 0.495 e. The molecule has 1 amide bonds. The minimum Gasteiger partial charge on any atom is -0.495 e. The van der Waals surface area contributed by atoms with Crippen molar-refractivity contribution in [2.45, 2.75) is 19.5 Å². The molecule has 0 saturated carbocycles. The van der Waals surface area contributed by atoms with Gasteiger partial charge in [-0.1, -0.05) is 11.6 Å². The van der Waals surface area contributed by atoms with Gasteiger partial charge in [-0.25, -0.2) is 9.97 Å². The molecule has 0 fully saturated rings. The highest BCUT2D eigenvalue weighted by Gasteiger charge is 2.28. The summed E-state index contributed by atoms with van der Waals surface area (Å²) < 4.78 is 7.34. The minimum absolute atomic E-state index is 0.0218. The van der Waals surface area contributed by atoms with Gasteiger partial charge in [0.2, 0.25) is 0 Å². The lowest BCUT2D eigenvalue weighted by Gasteiger charge is -2.27. The Morgan fingerprint density at radius 3 is 2.94 bits per heavy atom. The number of carbonyl (C=O) groups excluding carboxylic acids is 1. The maximum Gasteiger partial charge on any atom is 0.270 e. The zero-order chi connectivity index (χ0) is 23.4. The van der Waals surface area contributed by atoms with E-state index in [4.69, 9.17) is 16.3 Å². The lowest BCUT2D eigenvalue weighted by Crippen LogP contribution is -2.36. The van der Waals surface area contributed by atoms with Gasteiger partial charge in [-0.3, -0.25) is 9.79 Å². The summed E-state index contributed by atoms with van der Waals surface area (Å²) in [6.07, 6.45) is 4.19. The van der Waals surface area contributed by atoms with Gasteiger partial charge in [0.15, 0.2) is 0 Å². The molecule has 0 bridgehead atoms. The quantitative estimate of drug-likeness (QED) is 0.451. The number of thiophene rings is 1. The molecule has 1 N–H and O–H groups in total. The predicted octanol–water partition coefficient (Wildman–Crippen LogP) is 4.57. The second-order valence-corrected chi connectivity index (χ2v) is 9.80. The molecule has 0 radical (unpaired) electrons. The second kappa shape index (κ2) is 8.11. The number of nitrogens with zero attached hydrogens (tertiary/aromatic N) is 5. The molecule has 0 unspecified atom stereocenters. The van der Waals surface area contributed by atoms with Gasteiger partial charge in [0.1, 0.15) is 33.6 Å². The molecular weight excluding hydrogens is 472 g/mol. The molecule has 10 heteroatoms. The van der Waals surface area contributed by atoms with Crippen molar-refractivity contribution in [2.24, 2.45) is 12.0 Å². The van der Waals surface area contributed by atoms with E-state index in [-0.39, 0.29) is 5.91 Å². The number of ether oxygens (including phenoxy) is 1. The summed E-state index contributed by atoms with van der Waals surface area (Å²) in [6, 6.07) is 7.58. The van der Waals surface area contributed by atoms with Crippen LogP contribution >= 0.6 is 22.9 Å². The summed E-state index contributed by atoms with van der Waals surface area (Å²) in [7, 11) is 3.47. The Morgan fingerprint density at radius 2 is 2.15 bits per heavy atom. The zero-order valence-corrected chi connectivity index (χ0v) is 20.2. The number of halogens is 1. The first-order chi connectivity index (χ1) is 16.5. The van der Waals surface area contributed by atoms with Gasteiger partial charge in [-0.2, -0.15) is 0 Å². The van der Waals surface area contributed by atoms with Gasteiger partial charge in [-0.15, -0.1) is 11.3 Å². The number of benzene rings is 1. The highest BCUT2D eigenvalue weighted by atomic mass is 35.5. The SMILES string of the molecule is COc1cc2c(cc1Nc1ncnc3sc4c(c13)CCN(C(=O)c1ccc(Cl)n1C)C4)C=NC2. The second-order valence-electron chi connectivity index (χ2n) is 8.33. The van der Waals surface area contributed by atoms with Gasteiger partial charge in [0, 0.05) is 24.7 Å². The van der Waals surface area contributed by atoms with Gasteiger partial charge >= 0.3 is 0 Å². The van der Waals surface area contributed by atoms with Crippen molar-refractivity contribution in [2.75, 3.05) is 19.0 Å². The maximum absolute atomic E-state index is 13.1. The number of rotatable bonds is 4. The molecule has 8 nitrogen and oxygen atoms in total. The average Bonchev–Trinajstić information content (AvgIpc) is 3.55. The number of fused-ring (bicyclic) bond motifs is 4. The summed E-state index contributed by atoms with van der Waals surface area (Å²) >= 11 is 7.75. The van der Waals surface area contributed by atoms with E-state index in [0.29, 0.717) is 30.5 Å². The van der Waals surface area contributed by atoms with E-state index in [1.54, 1.807) is 48.5 Å². The molecule has 4 aromatic rings. The van der Waals surface area contributed by atoms with Crippen molar-refractivity contribution in [3.8, 4) is 5.75 Å². The third-order valence-corrected chi connectivity index (χ3v) is 7.91. The fourth-order valence-electron chi connectivity index (χ4n) is 4.59. The number of methoxy groups -OCH3 is 1. The Labute approximate surface area is 204 Å². The van der Waals surface area contributed by atoms with Crippen LogP contribution in [0.2, 0.25) is 5.15 Å². The van der Waals surface area contributed by atoms with Crippen LogP contribution in [0.25, 0.3) is 10.2 Å². The Kier molecular flexibility index (Phi) is 5.04. The summed E-state index contributed by atoms with van der Waals surface area (Å²) in [6.45, 7) is 1.83. The van der Waals surface area contributed by atoms with Crippen LogP contribution in [-0.2, 0) is 26.6 Å². The number of nitrogens with one attached hydrogen (secondary N) is 1. The summed E-state index contributed by atoms with van der Waals surface area (Å²) in [5.41, 5.74) is 4.84. The normalized spacial score (nSPS) is 14.4. The van der Waals surface area contributed by atoms with Crippen LogP contribution in [0, 0.1) is 0 Å². The molecule has 0 atom stereocenters. The van der Waals surface area contributed by atoms with Crippen LogP contribution < -0.4 is 10.1 Å². The Hall–Kier alpha value is -3.43. The molecule has 34 heavy (non-hydrogen) atoms. The van der Waals surface area contributed by atoms with Crippen LogP contribution in [0.3, 0.4) is 0 Å². The van der Waals surface area contributed by atoms with Crippen molar-refractivity contribution in [1.82, 2.24) is 19.4 Å². The molecular formula is C24H21ClN6O2S. The van der Waals surface area contributed by atoms with E-state index >= 15 is 0 Å². The number of carbonyl (C=O) groups is 1. The van der Waals surface area contributed by atoms with Crippen LogP contribution in [0.15, 0.2) is 35.6 Å². The molecule has 0 spiro atoms. The molecule has 0 saturated heterocycles. The first-order valence-electron chi connectivity index (χ1n) is 10.9. The van der Waals surface area contributed by atoms with Gasteiger partial charge in [0.25, 0.3) is 5.91 Å². The van der Waals surface area contributed by atoms with Crippen molar-refractivity contribution < 1.29 is 9.53 Å². The van der Waals surface area contributed by atoms with Crippen molar-refractivity contribution in [3.63, 3.8) is 0 Å². The topological polar surface area (TPSA) is 84.6 Å². The maximum atomic E-state index is 13.1. The smallest absolute Gasteiger partial charge is 0.270 e. The zero-order valence-electron chi connectivity index (χ0n) is 18.6. The van der Waals surface area contributed by atoms with E-state index in [1.165, 1.54) is 5.56 Å². The summed E-state index contributed by atoms with van der Waals surface area (Å²) in [5.74, 6) is 1.47. The average molecular weight is 493 g/mol. The number of aliphatic imine (C=N–C) groups is 1. The monoisotopic (exact) mass is 492 g/mol. The van der Waals surface area contributed by atoms with Crippen LogP contribution in [0.4, 0.5) is 11.5 Å². The molecule has 6 rings (SSSR count). The predicted molar refractivity (Wildman–Crippen MR) is 134 cm³/mol. The summed E-state index contributed by atoms with van der Waals surface area (Å²) in [4.78, 5) is 30.5. The van der Waals surface area contributed by atoms with Crippen molar-refractivity contribution >= 4 is 56.8 Å². The van der Waals surface area contributed by atoms with Crippen LogP contribution in [0.1, 0.15) is 32.1 Å². The van der Waals surface area contributed by atoms with E-state index in [9.17, 15) is 4.79 Å². The molecule has 5 heterocycles. The highest BCUT2D eigenvalue weighted by Crippen LogP contribution is 2.40. The Bertz CT molecular complexity index is 1490. The Morgan fingerprint density at radius 1 is 1.26 bits per heavy atom. The van der Waals surface area contributed by atoms with Gasteiger partial charge < -0.3 is 19.5 Å². The van der Waals surface area contributed by atoms with E-state index in [1.807, 2.05) is 23.2 Å². The Balaban J connectivity index is 1.34. The minimum atomic E-state index is -0.0218. The summed E-state index contributed by atoms with van der Waals surface area (Å²) in [5, 5.41) is 5.02. The molecule has 3 aromatic heterocycles. The van der Waals surface area contributed by atoms with E-state index < -0.39 is 0 Å². The number of anilines is 2. The fraction of sp³-hybridized carbons (Fsp3) is 0.250. The molecule has 2 aliphatic heterocycles. The van der Waals surface area contributed by atoms with Gasteiger partial charge in [-0.05, 0) is 47.4 Å². The van der Waals surface area contributed by atoms with Crippen molar-refractivity contribution in [3.05, 3.63) is 63.0 Å². The number of hydrogen-bond donors (Lipinski definition) is 1. The lowest BCUT2D eigenvalue weighted by molar-refractivity contribution is 0.0728. The molecule has 0 aliphatic carbocycles. The number of amides is 1. The fourth-order valence-corrected chi connectivity index (χ4v) is 5.95. The van der Waals surface area contributed by atoms with E-state index in [2.05, 4.69) is 20.3 Å². The van der Waals surface area contributed by atoms with Crippen LogP contribution in [-0.4, -0.2) is 45.2 Å². The third kappa shape index (κ3) is 3.35. The lowest BCUT2D eigenvalue weighted by atomic mass is 10.0. The van der Waals surface area contributed by atoms with Crippen molar-refractivity contribution in [1.29, 1.82) is 0 Å².